The van der Waals surface area contributed by atoms with Gasteiger partial charge in [0.1, 0.15) is 11.5 Å². The zero-order valence-electron chi connectivity index (χ0n) is 16.1. The van der Waals surface area contributed by atoms with Crippen LogP contribution < -0.4 is 16.4 Å². The Bertz CT molecular complexity index is 826. The molecule has 1 heterocycles. The highest BCUT2D eigenvalue weighted by atomic mass is 31.0. The van der Waals surface area contributed by atoms with Crippen LogP contribution in [0.15, 0.2) is 54.2 Å². The highest BCUT2D eigenvalue weighted by Crippen LogP contribution is 2.13. The van der Waals surface area contributed by atoms with Gasteiger partial charge < -0.3 is 11.1 Å². The molecular formula is C19H25FN5O2P. The van der Waals surface area contributed by atoms with Crippen LogP contribution in [0.2, 0.25) is 0 Å². The number of halogens is 1. The molecule has 28 heavy (non-hydrogen) atoms. The number of anilines is 1. The number of aromatic amines is 1. The summed E-state index contributed by atoms with van der Waals surface area (Å²) in [7, 11) is 5.55. The second kappa shape index (κ2) is 14.1. The van der Waals surface area contributed by atoms with E-state index < -0.39 is 11.7 Å². The zero-order chi connectivity index (χ0) is 21.5. The highest BCUT2D eigenvalue weighted by molar-refractivity contribution is 7.27. The van der Waals surface area contributed by atoms with Gasteiger partial charge in [0, 0.05) is 12.8 Å². The quantitative estimate of drug-likeness (QED) is 0.307. The lowest BCUT2D eigenvalue weighted by molar-refractivity contribution is 0.102. The number of nitrogens with one attached hydrogen (secondary N) is 2. The van der Waals surface area contributed by atoms with E-state index >= 15 is 0 Å². The molecule has 1 unspecified atom stereocenters. The number of benzene rings is 1. The highest BCUT2D eigenvalue weighted by Gasteiger charge is 2.16. The third kappa shape index (κ3) is 8.16. The topological polar surface area (TPSA) is 113 Å². The SMILES string of the molecule is C=C/C=C\C(C)=NC.CN.O=Cc1[nH]ncc1NC(=O)c1c(F)cccc1P. The molecule has 2 aromatic rings. The van der Waals surface area contributed by atoms with Gasteiger partial charge in [-0.1, -0.05) is 30.9 Å². The van der Waals surface area contributed by atoms with Gasteiger partial charge in [-0.2, -0.15) is 5.10 Å². The summed E-state index contributed by atoms with van der Waals surface area (Å²) in [6, 6.07) is 4.29. The molecule has 0 saturated heterocycles. The number of carbonyl (C=O) groups excluding carboxylic acids is 2. The standard InChI is InChI=1S/C11H9FN3O2P.C7H11N.CH5N/c12-6-2-1-3-9(18)10(6)11(17)14-7-4-13-15-8(7)5-16;1-4-5-6-7(2)8-3;1-2/h1-5H,18H2,(H,13,15)(H,14,17);4-6H,1H2,2-3H3;2H2,1H3/b;6-5-,8-7?;. The summed E-state index contributed by atoms with van der Waals surface area (Å²) in [5.74, 6) is -1.27. The van der Waals surface area contributed by atoms with Crippen LogP contribution in [0, 0.1) is 5.82 Å². The molecule has 1 amide bonds. The average molecular weight is 405 g/mol. The second-order valence-corrected chi connectivity index (χ2v) is 5.56. The maximum atomic E-state index is 13.5. The molecule has 0 aliphatic carbocycles. The Labute approximate surface area is 166 Å². The summed E-state index contributed by atoms with van der Waals surface area (Å²) < 4.78 is 13.5. The molecule has 0 radical (unpaired) electrons. The van der Waals surface area contributed by atoms with E-state index in [1.165, 1.54) is 25.4 Å². The Hall–Kier alpha value is -2.96. The van der Waals surface area contributed by atoms with Gasteiger partial charge in [-0.25, -0.2) is 4.39 Å². The van der Waals surface area contributed by atoms with E-state index in [1.807, 2.05) is 19.1 Å². The van der Waals surface area contributed by atoms with Crippen molar-refractivity contribution in [3.63, 3.8) is 0 Å². The Morgan fingerprint density at radius 3 is 2.64 bits per heavy atom. The number of allylic oxidation sites excluding steroid dienone is 3. The Balaban J connectivity index is 0.000000618. The van der Waals surface area contributed by atoms with E-state index in [4.69, 9.17) is 0 Å². The number of carbonyl (C=O) groups is 2. The van der Waals surface area contributed by atoms with Crippen LogP contribution in [0.4, 0.5) is 10.1 Å². The van der Waals surface area contributed by atoms with E-state index in [0.717, 1.165) is 5.71 Å². The molecule has 0 saturated carbocycles. The fourth-order valence-electron chi connectivity index (χ4n) is 1.73. The molecular weight excluding hydrogens is 380 g/mol. The molecule has 0 bridgehead atoms. The lowest BCUT2D eigenvalue weighted by Crippen LogP contribution is -2.20. The van der Waals surface area contributed by atoms with Crippen LogP contribution in [0.3, 0.4) is 0 Å². The third-order valence-electron chi connectivity index (χ3n) is 3.13. The first-order valence-electron chi connectivity index (χ1n) is 8.08. The number of aromatic nitrogens is 2. The van der Waals surface area contributed by atoms with E-state index in [2.05, 4.69) is 42.1 Å². The number of aliphatic imine (C=N–C) groups is 1. The molecule has 1 aromatic carbocycles. The minimum absolute atomic E-state index is 0.0828. The molecule has 1 aromatic heterocycles. The van der Waals surface area contributed by atoms with Crippen LogP contribution in [0.25, 0.3) is 0 Å². The van der Waals surface area contributed by atoms with Gasteiger partial charge in [0.15, 0.2) is 6.29 Å². The van der Waals surface area contributed by atoms with Gasteiger partial charge in [-0.3, -0.25) is 19.7 Å². The normalized spacial score (nSPS) is 10.3. The van der Waals surface area contributed by atoms with Gasteiger partial charge in [-0.15, -0.1) is 9.24 Å². The van der Waals surface area contributed by atoms with E-state index in [0.29, 0.717) is 11.6 Å². The summed E-state index contributed by atoms with van der Waals surface area (Å²) in [6.07, 6.45) is 7.31. The number of nitrogens with two attached hydrogens (primary N) is 1. The maximum absolute atomic E-state index is 13.5. The average Bonchev–Trinajstić information content (AvgIpc) is 3.15. The van der Waals surface area contributed by atoms with Crippen molar-refractivity contribution in [3.8, 4) is 0 Å². The predicted octanol–water partition coefficient (Wildman–Crippen LogP) is 2.51. The number of amides is 1. The van der Waals surface area contributed by atoms with E-state index in [-0.39, 0.29) is 16.9 Å². The summed E-state index contributed by atoms with van der Waals surface area (Å²) in [5, 5.41) is 8.88. The number of hydrogen-bond donors (Lipinski definition) is 3. The third-order valence-corrected chi connectivity index (χ3v) is 3.62. The molecule has 4 N–H and O–H groups in total. The van der Waals surface area contributed by atoms with Crippen LogP contribution in [0.1, 0.15) is 27.8 Å². The van der Waals surface area contributed by atoms with Crippen LogP contribution in [-0.4, -0.2) is 42.2 Å². The molecule has 2 rings (SSSR count). The first-order chi connectivity index (χ1) is 13.4. The molecule has 0 aliphatic rings. The number of rotatable bonds is 5. The molecule has 7 nitrogen and oxygen atoms in total. The number of nitrogens with zero attached hydrogens (tertiary/aromatic N) is 2. The van der Waals surface area contributed by atoms with Crippen molar-refractivity contribution in [2.24, 2.45) is 10.7 Å². The minimum atomic E-state index is -0.636. The molecule has 150 valence electrons. The monoisotopic (exact) mass is 405 g/mol. The summed E-state index contributed by atoms with van der Waals surface area (Å²) >= 11 is 0. The van der Waals surface area contributed by atoms with Crippen molar-refractivity contribution in [2.45, 2.75) is 6.92 Å². The van der Waals surface area contributed by atoms with Crippen LogP contribution >= 0.6 is 9.24 Å². The summed E-state index contributed by atoms with van der Waals surface area (Å²) in [5.41, 5.74) is 5.78. The van der Waals surface area contributed by atoms with Gasteiger partial charge in [0.2, 0.25) is 0 Å². The molecule has 0 spiro atoms. The zero-order valence-corrected chi connectivity index (χ0v) is 17.2. The van der Waals surface area contributed by atoms with Crippen LogP contribution in [0.5, 0.6) is 0 Å². The maximum Gasteiger partial charge on any atom is 0.259 e. The van der Waals surface area contributed by atoms with Gasteiger partial charge in [0.25, 0.3) is 5.91 Å². The predicted molar refractivity (Wildman–Crippen MR) is 116 cm³/mol. The van der Waals surface area contributed by atoms with Gasteiger partial charge in [0.05, 0.1) is 17.4 Å². The van der Waals surface area contributed by atoms with Crippen molar-refractivity contribution in [3.05, 3.63) is 66.3 Å². The number of hydrogen-bond acceptors (Lipinski definition) is 5. The van der Waals surface area contributed by atoms with Crippen molar-refractivity contribution < 1.29 is 14.0 Å². The fraction of sp³-hybridized carbons (Fsp3) is 0.158. The van der Waals surface area contributed by atoms with Crippen molar-refractivity contribution >= 4 is 38.1 Å². The Morgan fingerprint density at radius 2 is 2.11 bits per heavy atom. The van der Waals surface area contributed by atoms with E-state index in [1.54, 1.807) is 19.2 Å². The Morgan fingerprint density at radius 1 is 1.43 bits per heavy atom. The minimum Gasteiger partial charge on any atom is -0.333 e. The van der Waals surface area contributed by atoms with Crippen molar-refractivity contribution in [2.75, 3.05) is 19.4 Å². The smallest absolute Gasteiger partial charge is 0.259 e. The summed E-state index contributed by atoms with van der Waals surface area (Å²) in [4.78, 5) is 26.4. The largest absolute Gasteiger partial charge is 0.333 e. The number of H-pyrrole nitrogens is 1. The Kier molecular flexibility index (Phi) is 12.6. The lowest BCUT2D eigenvalue weighted by Gasteiger charge is -2.07. The molecule has 9 heteroatoms. The van der Waals surface area contributed by atoms with Crippen molar-refractivity contribution in [1.82, 2.24) is 10.2 Å². The van der Waals surface area contributed by atoms with Gasteiger partial charge in [-0.05, 0) is 31.4 Å². The fourth-order valence-corrected chi connectivity index (χ4v) is 2.11. The molecule has 1 atom stereocenters. The number of aldehydes is 1. The summed E-state index contributed by atoms with van der Waals surface area (Å²) in [6.45, 7) is 5.47. The molecule has 0 aliphatic heterocycles. The molecule has 0 fully saturated rings. The first-order valence-corrected chi connectivity index (χ1v) is 8.66. The first kappa shape index (κ1) is 25.0. The second-order valence-electron chi connectivity index (χ2n) is 4.93. The van der Waals surface area contributed by atoms with Gasteiger partial charge >= 0.3 is 0 Å². The van der Waals surface area contributed by atoms with Crippen LogP contribution in [-0.2, 0) is 0 Å². The lowest BCUT2D eigenvalue weighted by atomic mass is 10.2. The van der Waals surface area contributed by atoms with Crippen molar-refractivity contribution in [1.29, 1.82) is 0 Å². The van der Waals surface area contributed by atoms with E-state index in [9.17, 15) is 14.0 Å².